The van der Waals surface area contributed by atoms with Crippen molar-refractivity contribution in [1.82, 2.24) is 0 Å². The standard InChI is InChI=1S/C12H17F3O5S/c1-18-5-9-7-3-8(10(9)6-19-2)11(4-7)20-21(16,17)12(13,14)15/h4,7-10H,3,5-6H2,1-2H3/t7-,8-,9+,10-/m0/s1. The Morgan fingerprint density at radius 2 is 1.76 bits per heavy atom. The topological polar surface area (TPSA) is 61.8 Å². The number of hydrogen-bond acceptors (Lipinski definition) is 5. The van der Waals surface area contributed by atoms with Gasteiger partial charge in [-0.05, 0) is 30.3 Å². The van der Waals surface area contributed by atoms with E-state index in [-0.39, 0.29) is 29.4 Å². The van der Waals surface area contributed by atoms with Gasteiger partial charge in [0.05, 0.1) is 6.61 Å². The molecule has 2 aliphatic carbocycles. The minimum atomic E-state index is -5.61. The Morgan fingerprint density at radius 1 is 1.19 bits per heavy atom. The van der Waals surface area contributed by atoms with Gasteiger partial charge in [0.25, 0.3) is 0 Å². The number of ether oxygens (including phenoxy) is 2. The quantitative estimate of drug-likeness (QED) is 0.550. The molecule has 0 aromatic heterocycles. The number of methoxy groups -OCH3 is 2. The predicted molar refractivity (Wildman–Crippen MR) is 66.5 cm³/mol. The molecule has 1 saturated carbocycles. The van der Waals surface area contributed by atoms with Gasteiger partial charge in [-0.3, -0.25) is 0 Å². The monoisotopic (exact) mass is 330 g/mol. The van der Waals surface area contributed by atoms with Crippen molar-refractivity contribution in [3.8, 4) is 0 Å². The first-order chi connectivity index (χ1) is 9.71. The molecular weight excluding hydrogens is 313 g/mol. The maximum absolute atomic E-state index is 12.4. The summed E-state index contributed by atoms with van der Waals surface area (Å²) < 4.78 is 73.9. The van der Waals surface area contributed by atoms with Crippen molar-refractivity contribution in [2.24, 2.45) is 23.7 Å². The van der Waals surface area contributed by atoms with E-state index in [0.717, 1.165) is 0 Å². The highest BCUT2D eigenvalue weighted by Gasteiger charge is 2.54. The Kier molecular flexibility index (Phi) is 4.55. The van der Waals surface area contributed by atoms with Crippen LogP contribution < -0.4 is 0 Å². The van der Waals surface area contributed by atoms with Crippen molar-refractivity contribution < 1.29 is 35.2 Å². The van der Waals surface area contributed by atoms with Gasteiger partial charge in [0.15, 0.2) is 0 Å². The molecule has 4 atom stereocenters. The molecule has 1 fully saturated rings. The smallest absolute Gasteiger partial charge is 0.384 e. The van der Waals surface area contributed by atoms with Gasteiger partial charge in [-0.2, -0.15) is 21.6 Å². The highest BCUT2D eigenvalue weighted by atomic mass is 32.2. The van der Waals surface area contributed by atoms with E-state index in [1.54, 1.807) is 7.11 Å². The summed E-state index contributed by atoms with van der Waals surface area (Å²) in [7, 11) is -2.57. The molecule has 21 heavy (non-hydrogen) atoms. The van der Waals surface area contributed by atoms with Crippen LogP contribution in [0.3, 0.4) is 0 Å². The maximum atomic E-state index is 12.4. The molecule has 5 nitrogen and oxygen atoms in total. The molecule has 122 valence electrons. The third kappa shape index (κ3) is 3.04. The first kappa shape index (κ1) is 16.6. The second-order valence-electron chi connectivity index (χ2n) is 5.30. The molecule has 0 aromatic carbocycles. The highest BCUT2D eigenvalue weighted by molar-refractivity contribution is 7.87. The molecule has 0 amide bonds. The van der Waals surface area contributed by atoms with Gasteiger partial charge in [0.1, 0.15) is 5.76 Å². The van der Waals surface area contributed by atoms with Gasteiger partial charge in [0.2, 0.25) is 0 Å². The number of alkyl halides is 3. The Balaban J connectivity index is 2.18. The molecule has 0 spiro atoms. The molecule has 2 bridgehead atoms. The average Bonchev–Trinajstić information content (AvgIpc) is 2.87. The van der Waals surface area contributed by atoms with E-state index in [1.807, 2.05) is 0 Å². The van der Waals surface area contributed by atoms with Crippen LogP contribution >= 0.6 is 0 Å². The van der Waals surface area contributed by atoms with Crippen molar-refractivity contribution in [2.45, 2.75) is 11.9 Å². The fourth-order valence-corrected chi connectivity index (χ4v) is 3.77. The summed E-state index contributed by atoms with van der Waals surface area (Å²) in [6.07, 6.45) is 2.04. The van der Waals surface area contributed by atoms with Crippen LogP contribution in [-0.4, -0.2) is 41.4 Å². The number of rotatable bonds is 6. The molecule has 0 radical (unpaired) electrons. The van der Waals surface area contributed by atoms with E-state index in [4.69, 9.17) is 9.47 Å². The summed E-state index contributed by atoms with van der Waals surface area (Å²) in [6, 6.07) is 0. The number of hydrogen-bond donors (Lipinski definition) is 0. The zero-order valence-electron chi connectivity index (χ0n) is 11.6. The minimum Gasteiger partial charge on any atom is -0.384 e. The van der Waals surface area contributed by atoms with Crippen LogP contribution in [0.1, 0.15) is 6.42 Å². The minimum absolute atomic E-state index is 0.0477. The molecule has 0 aliphatic heterocycles. The fourth-order valence-electron chi connectivity index (χ4n) is 3.25. The zero-order chi connectivity index (χ0) is 15.8. The van der Waals surface area contributed by atoms with Gasteiger partial charge in [-0.15, -0.1) is 0 Å². The summed E-state index contributed by atoms with van der Waals surface area (Å²) in [5.74, 6) is -0.559. The molecular formula is C12H17F3O5S. The Bertz CT molecular complexity index is 513. The van der Waals surface area contributed by atoms with Crippen molar-refractivity contribution in [3.05, 3.63) is 11.8 Å². The van der Waals surface area contributed by atoms with Crippen LogP contribution in [0, 0.1) is 23.7 Å². The fraction of sp³-hybridized carbons (Fsp3) is 0.833. The molecule has 0 aromatic rings. The number of fused-ring (bicyclic) bond motifs is 2. The van der Waals surface area contributed by atoms with Gasteiger partial charge in [-0.1, -0.05) is 0 Å². The molecule has 2 aliphatic rings. The zero-order valence-corrected chi connectivity index (χ0v) is 12.4. The Labute approximate surface area is 121 Å². The van der Waals surface area contributed by atoms with Crippen molar-refractivity contribution >= 4 is 10.1 Å². The molecule has 0 heterocycles. The summed E-state index contributed by atoms with van der Waals surface area (Å²) in [5.41, 5.74) is -5.42. The lowest BCUT2D eigenvalue weighted by Crippen LogP contribution is -2.32. The van der Waals surface area contributed by atoms with E-state index in [2.05, 4.69) is 4.18 Å². The van der Waals surface area contributed by atoms with Crippen molar-refractivity contribution in [3.63, 3.8) is 0 Å². The van der Waals surface area contributed by atoms with E-state index >= 15 is 0 Å². The third-order valence-corrected chi connectivity index (χ3v) is 5.07. The molecule has 0 unspecified atom stereocenters. The lowest BCUT2D eigenvalue weighted by Gasteiger charge is -2.29. The first-order valence-electron chi connectivity index (χ1n) is 6.41. The van der Waals surface area contributed by atoms with E-state index in [0.29, 0.717) is 19.6 Å². The second-order valence-corrected chi connectivity index (χ2v) is 6.83. The SMILES string of the molecule is COC[C@@H]1[C@H](COC)[C@@H]2C=C(OS(=O)(=O)C(F)(F)F)[C@H]1C2. The molecule has 2 rings (SSSR count). The van der Waals surface area contributed by atoms with E-state index in [1.165, 1.54) is 13.2 Å². The Morgan fingerprint density at radius 3 is 2.29 bits per heavy atom. The summed E-state index contributed by atoms with van der Waals surface area (Å²) in [6.45, 7) is 0.771. The number of halogens is 3. The predicted octanol–water partition coefficient (Wildman–Crippen LogP) is 1.91. The molecule has 0 N–H and O–H groups in total. The van der Waals surface area contributed by atoms with Gasteiger partial charge < -0.3 is 13.7 Å². The van der Waals surface area contributed by atoms with Crippen LogP contribution in [0.2, 0.25) is 0 Å². The summed E-state index contributed by atoms with van der Waals surface area (Å²) in [5, 5.41) is 0. The summed E-state index contributed by atoms with van der Waals surface area (Å²) in [4.78, 5) is 0. The van der Waals surface area contributed by atoms with Crippen molar-refractivity contribution in [2.75, 3.05) is 27.4 Å². The van der Waals surface area contributed by atoms with Crippen LogP contribution in [0.4, 0.5) is 13.2 Å². The Hall–Kier alpha value is -0.800. The van der Waals surface area contributed by atoms with Gasteiger partial charge >= 0.3 is 15.6 Å². The number of allylic oxidation sites excluding steroid dienone is 2. The van der Waals surface area contributed by atoms with Gasteiger partial charge in [0, 0.05) is 26.7 Å². The van der Waals surface area contributed by atoms with Crippen LogP contribution in [-0.2, 0) is 23.8 Å². The van der Waals surface area contributed by atoms with E-state index in [9.17, 15) is 21.6 Å². The molecule has 9 heteroatoms. The van der Waals surface area contributed by atoms with Crippen LogP contribution in [0.5, 0.6) is 0 Å². The van der Waals surface area contributed by atoms with E-state index < -0.39 is 15.6 Å². The maximum Gasteiger partial charge on any atom is 0.534 e. The summed E-state index contributed by atoms with van der Waals surface area (Å²) >= 11 is 0. The van der Waals surface area contributed by atoms with Gasteiger partial charge in [-0.25, -0.2) is 0 Å². The largest absolute Gasteiger partial charge is 0.534 e. The van der Waals surface area contributed by atoms with Crippen molar-refractivity contribution in [1.29, 1.82) is 0 Å². The van der Waals surface area contributed by atoms with Crippen LogP contribution in [0.15, 0.2) is 11.8 Å². The second kappa shape index (κ2) is 5.77. The normalized spacial score (nSPS) is 32.3. The third-order valence-electron chi connectivity index (χ3n) is 4.09. The molecule has 0 saturated heterocycles. The average molecular weight is 330 g/mol. The van der Waals surface area contributed by atoms with Crippen LogP contribution in [0.25, 0.3) is 0 Å². The lowest BCUT2D eigenvalue weighted by molar-refractivity contribution is -0.0531. The first-order valence-corrected chi connectivity index (χ1v) is 7.82. The lowest BCUT2D eigenvalue weighted by atomic mass is 9.83. The highest BCUT2D eigenvalue weighted by Crippen LogP contribution is 2.52.